The number of carbonyl (C=O) groups is 1. The Morgan fingerprint density at radius 3 is 2.69 bits per heavy atom. The molecule has 0 aliphatic heterocycles. The lowest BCUT2D eigenvalue weighted by atomic mass is 9.95. The highest BCUT2D eigenvalue weighted by Gasteiger charge is 2.39. The van der Waals surface area contributed by atoms with E-state index in [1.807, 2.05) is 18.2 Å². The highest BCUT2D eigenvalue weighted by atomic mass is 16.5. The van der Waals surface area contributed by atoms with E-state index in [0.717, 1.165) is 41.6 Å². The van der Waals surface area contributed by atoms with E-state index >= 15 is 0 Å². The van der Waals surface area contributed by atoms with Crippen LogP contribution in [0.1, 0.15) is 44.1 Å². The summed E-state index contributed by atoms with van der Waals surface area (Å²) in [5.41, 5.74) is 1.08. The van der Waals surface area contributed by atoms with Crippen LogP contribution >= 0.6 is 0 Å². The van der Waals surface area contributed by atoms with Gasteiger partial charge in [-0.15, -0.1) is 0 Å². The number of aliphatic imine (C=N–C) groups is 1. The number of fused-ring (bicyclic) bond motifs is 2. The fourth-order valence-electron chi connectivity index (χ4n) is 4.50. The van der Waals surface area contributed by atoms with Crippen LogP contribution in [-0.2, 0) is 11.3 Å². The number of amides is 1. The molecule has 1 amide bonds. The maximum absolute atomic E-state index is 12.1. The van der Waals surface area contributed by atoms with Crippen LogP contribution in [0.4, 0.5) is 0 Å². The summed E-state index contributed by atoms with van der Waals surface area (Å²) in [6.45, 7) is 1.58. The number of hydrogen-bond donors (Lipinski definition) is 2. The Hall–Kier alpha value is -2.24. The van der Waals surface area contributed by atoms with Crippen LogP contribution in [-0.4, -0.2) is 50.1 Å². The highest BCUT2D eigenvalue weighted by molar-refractivity contribution is 5.86. The summed E-state index contributed by atoms with van der Waals surface area (Å²) in [7, 11) is 3.55. The minimum absolute atomic E-state index is 0.0422. The van der Waals surface area contributed by atoms with Gasteiger partial charge in [-0.25, -0.2) is 4.99 Å². The molecular weight excluding hydrogens is 364 g/mol. The molecule has 2 bridgehead atoms. The topological polar surface area (TPSA) is 66.0 Å². The van der Waals surface area contributed by atoms with Gasteiger partial charge < -0.3 is 20.3 Å². The van der Waals surface area contributed by atoms with Gasteiger partial charge in [0.1, 0.15) is 5.75 Å². The van der Waals surface area contributed by atoms with Gasteiger partial charge in [0.2, 0.25) is 5.91 Å². The fourth-order valence-corrected chi connectivity index (χ4v) is 4.50. The van der Waals surface area contributed by atoms with Crippen molar-refractivity contribution in [3.05, 3.63) is 29.8 Å². The second-order valence-electron chi connectivity index (χ2n) is 9.09. The van der Waals surface area contributed by atoms with Crippen LogP contribution in [0.3, 0.4) is 0 Å². The maximum Gasteiger partial charge on any atom is 0.241 e. The van der Waals surface area contributed by atoms with Crippen molar-refractivity contribution in [1.82, 2.24) is 15.5 Å². The van der Waals surface area contributed by atoms with E-state index in [1.54, 1.807) is 19.0 Å². The molecule has 3 fully saturated rings. The smallest absolute Gasteiger partial charge is 0.241 e. The molecule has 0 saturated heterocycles. The monoisotopic (exact) mass is 398 g/mol. The fraction of sp³-hybridized carbons (Fsp3) is 0.652. The number of nitrogens with one attached hydrogen (secondary N) is 2. The van der Waals surface area contributed by atoms with Crippen molar-refractivity contribution < 1.29 is 9.53 Å². The van der Waals surface area contributed by atoms with Crippen molar-refractivity contribution in [3.63, 3.8) is 0 Å². The summed E-state index contributed by atoms with van der Waals surface area (Å²) in [5, 5.41) is 6.86. The third-order valence-electron chi connectivity index (χ3n) is 6.52. The minimum atomic E-state index is 0.0422. The van der Waals surface area contributed by atoms with Gasteiger partial charge in [0.05, 0.1) is 19.7 Å². The molecule has 158 valence electrons. The van der Waals surface area contributed by atoms with Crippen LogP contribution in [0.25, 0.3) is 0 Å². The molecule has 4 rings (SSSR count). The van der Waals surface area contributed by atoms with Gasteiger partial charge in [-0.05, 0) is 55.9 Å². The lowest BCUT2D eigenvalue weighted by molar-refractivity contribution is -0.127. The molecule has 1 aromatic rings. The Bertz CT molecular complexity index is 744. The van der Waals surface area contributed by atoms with Gasteiger partial charge in [0, 0.05) is 25.7 Å². The van der Waals surface area contributed by atoms with Crippen molar-refractivity contribution in [2.24, 2.45) is 22.7 Å². The molecule has 3 aliphatic rings. The lowest BCUT2D eigenvalue weighted by Crippen LogP contribution is -2.48. The average Bonchev–Trinajstić information content (AvgIpc) is 3.32. The van der Waals surface area contributed by atoms with Crippen molar-refractivity contribution in [3.8, 4) is 5.75 Å². The molecule has 1 aromatic carbocycles. The van der Waals surface area contributed by atoms with Gasteiger partial charge in [-0.2, -0.15) is 0 Å². The third kappa shape index (κ3) is 5.43. The summed E-state index contributed by atoms with van der Waals surface area (Å²) >= 11 is 0. The summed E-state index contributed by atoms with van der Waals surface area (Å²) in [6, 6.07) is 8.61. The minimum Gasteiger partial charge on any atom is -0.493 e. The molecule has 0 heterocycles. The van der Waals surface area contributed by atoms with Gasteiger partial charge >= 0.3 is 0 Å². The Morgan fingerprint density at radius 1 is 1.17 bits per heavy atom. The van der Waals surface area contributed by atoms with Gasteiger partial charge in [0.15, 0.2) is 5.96 Å². The zero-order valence-electron chi connectivity index (χ0n) is 17.7. The average molecular weight is 399 g/mol. The Labute approximate surface area is 174 Å². The third-order valence-corrected chi connectivity index (χ3v) is 6.52. The number of likely N-dealkylation sites (N-methyl/N-ethyl adjacent to an activating group) is 1. The molecule has 2 N–H and O–H groups in total. The summed E-state index contributed by atoms with van der Waals surface area (Å²) < 4.78 is 6.03. The molecule has 3 aliphatic carbocycles. The molecule has 3 atom stereocenters. The molecule has 0 aromatic heterocycles. The number of guanidine groups is 1. The number of hydrogen-bond acceptors (Lipinski definition) is 3. The second kappa shape index (κ2) is 9.06. The van der Waals surface area contributed by atoms with E-state index in [-0.39, 0.29) is 12.5 Å². The first-order chi connectivity index (χ1) is 14.1. The molecule has 6 heteroatoms. The quantitative estimate of drug-likeness (QED) is 0.522. The molecule has 29 heavy (non-hydrogen) atoms. The Balaban J connectivity index is 1.41. The van der Waals surface area contributed by atoms with Crippen LogP contribution in [0, 0.1) is 17.8 Å². The van der Waals surface area contributed by atoms with Crippen LogP contribution < -0.4 is 15.4 Å². The van der Waals surface area contributed by atoms with Gasteiger partial charge in [-0.3, -0.25) is 4.79 Å². The highest BCUT2D eigenvalue weighted by Crippen LogP contribution is 2.44. The van der Waals surface area contributed by atoms with Gasteiger partial charge in [0.25, 0.3) is 0 Å². The van der Waals surface area contributed by atoms with Crippen molar-refractivity contribution in [2.75, 3.05) is 27.2 Å². The lowest BCUT2D eigenvalue weighted by Gasteiger charge is -2.25. The maximum atomic E-state index is 12.1. The largest absolute Gasteiger partial charge is 0.493 e. The summed E-state index contributed by atoms with van der Waals surface area (Å²) in [4.78, 5) is 18.5. The number of benzene rings is 1. The Kier molecular flexibility index (Phi) is 6.26. The molecule has 0 radical (unpaired) electrons. The van der Waals surface area contributed by atoms with E-state index in [1.165, 1.54) is 38.5 Å². The Morgan fingerprint density at radius 2 is 2.00 bits per heavy atom. The van der Waals surface area contributed by atoms with Crippen molar-refractivity contribution in [1.29, 1.82) is 0 Å². The SMILES string of the molecule is CN(C)C(=O)CNC(=NCc1ccccc1OCC1CC1)NC1CC2CCC1C2. The molecular formula is C23H34N4O2. The standard InChI is InChI=1S/C23H34N4O2/c1-27(2)22(28)14-25-23(26-20-12-17-9-10-18(20)11-17)24-13-19-5-3-4-6-21(19)29-15-16-7-8-16/h3-6,16-18,20H,7-15H2,1-2H3,(H2,24,25,26). The van der Waals surface area contributed by atoms with Crippen LogP contribution in [0.5, 0.6) is 5.75 Å². The number of para-hydroxylation sites is 1. The van der Waals surface area contributed by atoms with Crippen LogP contribution in [0.2, 0.25) is 0 Å². The van der Waals surface area contributed by atoms with Crippen molar-refractivity contribution >= 4 is 11.9 Å². The zero-order chi connectivity index (χ0) is 20.2. The number of carbonyl (C=O) groups excluding carboxylic acids is 1. The molecule has 3 saturated carbocycles. The van der Waals surface area contributed by atoms with E-state index in [0.29, 0.717) is 12.6 Å². The second-order valence-corrected chi connectivity index (χ2v) is 9.09. The molecule has 3 unspecified atom stereocenters. The predicted octanol–water partition coefficient (Wildman–Crippen LogP) is 2.79. The first-order valence-electron chi connectivity index (χ1n) is 11.0. The number of ether oxygens (including phenoxy) is 1. The molecule has 0 spiro atoms. The first kappa shape index (κ1) is 20.0. The molecule has 6 nitrogen and oxygen atoms in total. The first-order valence-corrected chi connectivity index (χ1v) is 11.0. The van der Waals surface area contributed by atoms with Crippen molar-refractivity contribution in [2.45, 2.75) is 51.1 Å². The van der Waals surface area contributed by atoms with Gasteiger partial charge in [-0.1, -0.05) is 24.6 Å². The van der Waals surface area contributed by atoms with Crippen LogP contribution in [0.15, 0.2) is 29.3 Å². The zero-order valence-corrected chi connectivity index (χ0v) is 17.7. The van der Waals surface area contributed by atoms with E-state index in [9.17, 15) is 4.79 Å². The summed E-state index contributed by atoms with van der Waals surface area (Å²) in [6.07, 6.45) is 7.79. The van der Waals surface area contributed by atoms with E-state index < -0.39 is 0 Å². The number of rotatable bonds is 8. The normalized spacial score (nSPS) is 25.7. The summed E-state index contributed by atoms with van der Waals surface area (Å²) in [5.74, 6) is 4.02. The van der Waals surface area contributed by atoms with E-state index in [4.69, 9.17) is 9.73 Å². The number of nitrogens with zero attached hydrogens (tertiary/aromatic N) is 2. The van der Waals surface area contributed by atoms with E-state index in [2.05, 4.69) is 16.7 Å². The predicted molar refractivity (Wildman–Crippen MR) is 115 cm³/mol.